The van der Waals surface area contributed by atoms with Crippen molar-refractivity contribution in [2.45, 2.75) is 37.7 Å². The molecule has 0 fully saturated rings. The van der Waals surface area contributed by atoms with E-state index in [1.807, 2.05) is 28.0 Å². The maximum Gasteiger partial charge on any atom is 0.272 e. The molecule has 4 rings (SSSR count). The van der Waals surface area contributed by atoms with Crippen molar-refractivity contribution >= 4 is 55.0 Å². The Hall–Kier alpha value is -1.64. The first-order chi connectivity index (χ1) is 13.0. The molecule has 0 spiro atoms. The second kappa shape index (κ2) is 7.77. The maximum atomic E-state index is 12.9. The Balaban J connectivity index is 1.76. The summed E-state index contributed by atoms with van der Waals surface area (Å²) in [7, 11) is 0. The molecule has 0 aliphatic heterocycles. The van der Waals surface area contributed by atoms with Gasteiger partial charge in [-0.25, -0.2) is 0 Å². The fraction of sp³-hybridized carbons (Fsp3) is 0.316. The zero-order valence-corrected chi connectivity index (χ0v) is 18.3. The summed E-state index contributed by atoms with van der Waals surface area (Å²) in [4.78, 5) is 12.9. The van der Waals surface area contributed by atoms with Gasteiger partial charge in [-0.05, 0) is 41.5 Å². The lowest BCUT2D eigenvalue weighted by Crippen LogP contribution is -2.23. The summed E-state index contributed by atoms with van der Waals surface area (Å²) >= 11 is 6.58. The second-order valence-electron chi connectivity index (χ2n) is 6.81. The molecule has 27 heavy (non-hydrogen) atoms. The van der Waals surface area contributed by atoms with Gasteiger partial charge in [0.25, 0.3) is 5.56 Å². The summed E-state index contributed by atoms with van der Waals surface area (Å²) in [5.74, 6) is 1.94. The van der Waals surface area contributed by atoms with E-state index in [1.54, 1.807) is 16.3 Å². The zero-order valence-electron chi connectivity index (χ0n) is 15.1. The number of benzene rings is 1. The van der Waals surface area contributed by atoms with Crippen molar-refractivity contribution in [1.29, 1.82) is 0 Å². The van der Waals surface area contributed by atoms with Gasteiger partial charge in [0.1, 0.15) is 4.70 Å². The molecule has 5 nitrogen and oxygen atoms in total. The van der Waals surface area contributed by atoms with Crippen LogP contribution in [-0.4, -0.2) is 19.2 Å². The minimum atomic E-state index is 0.0324. The summed E-state index contributed by atoms with van der Waals surface area (Å²) in [6.07, 6.45) is 0.931. The van der Waals surface area contributed by atoms with E-state index in [4.69, 9.17) is 0 Å². The molecule has 0 bridgehead atoms. The smallest absolute Gasteiger partial charge is 0.272 e. The Kier molecular flexibility index (Phi) is 5.39. The highest BCUT2D eigenvalue weighted by molar-refractivity contribution is 9.10. The second-order valence-corrected chi connectivity index (χ2v) is 9.58. The third kappa shape index (κ3) is 3.70. The zero-order chi connectivity index (χ0) is 19.0. The molecule has 140 valence electrons. The topological polar surface area (TPSA) is 52.2 Å². The molecule has 0 N–H and O–H groups in total. The third-order valence-electron chi connectivity index (χ3n) is 4.39. The number of thiophene rings is 1. The average Bonchev–Trinajstić information content (AvgIpc) is 3.28. The number of halogens is 1. The predicted octanol–water partition coefficient (Wildman–Crippen LogP) is 5.21. The summed E-state index contributed by atoms with van der Waals surface area (Å²) < 4.78 is 5.63. The minimum Gasteiger partial charge on any atom is -0.276 e. The van der Waals surface area contributed by atoms with E-state index in [-0.39, 0.29) is 5.56 Å². The van der Waals surface area contributed by atoms with Crippen molar-refractivity contribution in [2.75, 3.05) is 0 Å². The van der Waals surface area contributed by atoms with Gasteiger partial charge < -0.3 is 0 Å². The van der Waals surface area contributed by atoms with E-state index in [2.05, 4.69) is 52.1 Å². The Morgan fingerprint density at radius 1 is 1.19 bits per heavy atom. The highest BCUT2D eigenvalue weighted by Crippen LogP contribution is 2.27. The molecule has 0 atom stereocenters. The standard InChI is InChI=1S/C19H19BrN4OS2/c1-12(2)7-9-23-17(25)16-15(8-10-26-16)24-18(23)21-22-19(24)27-11-13-3-5-14(20)6-4-13/h3-6,8,10,12H,7,9,11H2,1-2H3. The van der Waals surface area contributed by atoms with Crippen molar-refractivity contribution in [3.63, 3.8) is 0 Å². The lowest BCUT2D eigenvalue weighted by Gasteiger charge is -2.10. The van der Waals surface area contributed by atoms with E-state index in [0.29, 0.717) is 18.2 Å². The lowest BCUT2D eigenvalue weighted by molar-refractivity contribution is 0.512. The van der Waals surface area contributed by atoms with Crippen LogP contribution >= 0.6 is 39.0 Å². The van der Waals surface area contributed by atoms with Gasteiger partial charge in [-0.3, -0.25) is 13.8 Å². The van der Waals surface area contributed by atoms with Crippen molar-refractivity contribution in [3.8, 4) is 0 Å². The Morgan fingerprint density at radius 2 is 1.96 bits per heavy atom. The first-order valence-corrected chi connectivity index (χ1v) is 11.4. The Morgan fingerprint density at radius 3 is 2.70 bits per heavy atom. The van der Waals surface area contributed by atoms with Gasteiger partial charge in [-0.2, -0.15) is 0 Å². The van der Waals surface area contributed by atoms with Crippen LogP contribution in [0.2, 0.25) is 0 Å². The van der Waals surface area contributed by atoms with Crippen molar-refractivity contribution in [3.05, 3.63) is 56.1 Å². The van der Waals surface area contributed by atoms with Crippen molar-refractivity contribution in [1.82, 2.24) is 19.2 Å². The average molecular weight is 463 g/mol. The molecule has 4 aromatic rings. The molecule has 8 heteroatoms. The number of hydrogen-bond donors (Lipinski definition) is 0. The Labute approximate surface area is 173 Å². The molecule has 0 saturated carbocycles. The number of aromatic nitrogens is 4. The van der Waals surface area contributed by atoms with Gasteiger partial charge in [0, 0.05) is 16.8 Å². The molecule has 3 aromatic heterocycles. The number of hydrogen-bond acceptors (Lipinski definition) is 5. The summed E-state index contributed by atoms with van der Waals surface area (Å²) in [5, 5.41) is 11.5. The van der Waals surface area contributed by atoms with Gasteiger partial charge in [0.05, 0.1) is 5.52 Å². The van der Waals surface area contributed by atoms with Crippen LogP contribution in [0.5, 0.6) is 0 Å². The van der Waals surface area contributed by atoms with E-state index >= 15 is 0 Å². The number of rotatable bonds is 6. The number of nitrogens with zero attached hydrogens (tertiary/aromatic N) is 4. The van der Waals surface area contributed by atoms with Gasteiger partial charge >= 0.3 is 0 Å². The van der Waals surface area contributed by atoms with Gasteiger partial charge in [-0.15, -0.1) is 21.5 Å². The summed E-state index contributed by atoms with van der Waals surface area (Å²) in [5.41, 5.74) is 2.14. The predicted molar refractivity (Wildman–Crippen MR) is 116 cm³/mol. The van der Waals surface area contributed by atoms with Crippen LogP contribution in [0.1, 0.15) is 25.8 Å². The van der Waals surface area contributed by atoms with Crippen LogP contribution in [0.25, 0.3) is 16.0 Å². The molecule has 0 aliphatic carbocycles. The fourth-order valence-electron chi connectivity index (χ4n) is 2.91. The molecular weight excluding hydrogens is 444 g/mol. The normalized spacial score (nSPS) is 11.9. The number of aryl methyl sites for hydroxylation is 1. The molecular formula is C19H19BrN4OS2. The van der Waals surface area contributed by atoms with Gasteiger partial charge in [-0.1, -0.05) is 53.7 Å². The minimum absolute atomic E-state index is 0.0324. The number of fused-ring (bicyclic) bond motifs is 3. The van der Waals surface area contributed by atoms with Crippen LogP contribution in [0.3, 0.4) is 0 Å². The largest absolute Gasteiger partial charge is 0.276 e. The van der Waals surface area contributed by atoms with Crippen LogP contribution in [0, 0.1) is 5.92 Å². The molecule has 1 aromatic carbocycles. The number of thioether (sulfide) groups is 1. The first kappa shape index (κ1) is 18.7. The van der Waals surface area contributed by atoms with Gasteiger partial charge in [0.15, 0.2) is 5.16 Å². The molecule has 0 aliphatic rings. The molecule has 3 heterocycles. The third-order valence-corrected chi connectivity index (χ3v) is 6.81. The SMILES string of the molecule is CC(C)CCn1c(=O)c2sccc2n2c(SCc3ccc(Br)cc3)nnc12. The van der Waals surface area contributed by atoms with Crippen molar-refractivity contribution < 1.29 is 0 Å². The van der Waals surface area contributed by atoms with Crippen LogP contribution < -0.4 is 5.56 Å². The molecule has 0 saturated heterocycles. The summed E-state index contributed by atoms with van der Waals surface area (Å²) in [6.45, 7) is 4.98. The fourth-order valence-corrected chi connectivity index (χ4v) is 4.90. The first-order valence-electron chi connectivity index (χ1n) is 8.77. The molecule has 0 radical (unpaired) electrons. The maximum absolute atomic E-state index is 12.9. The van der Waals surface area contributed by atoms with Crippen LogP contribution in [0.4, 0.5) is 0 Å². The highest BCUT2D eigenvalue weighted by Gasteiger charge is 2.18. The van der Waals surface area contributed by atoms with E-state index in [1.165, 1.54) is 16.9 Å². The highest BCUT2D eigenvalue weighted by atomic mass is 79.9. The monoisotopic (exact) mass is 462 g/mol. The van der Waals surface area contributed by atoms with Crippen LogP contribution in [0.15, 0.2) is 50.1 Å². The van der Waals surface area contributed by atoms with Crippen LogP contribution in [-0.2, 0) is 12.3 Å². The lowest BCUT2D eigenvalue weighted by atomic mass is 10.1. The quantitative estimate of drug-likeness (QED) is 0.369. The molecule has 0 unspecified atom stereocenters. The van der Waals surface area contributed by atoms with Gasteiger partial charge in [0.2, 0.25) is 5.78 Å². The summed E-state index contributed by atoms with van der Waals surface area (Å²) in [6, 6.07) is 10.3. The Bertz CT molecular complexity index is 1140. The van der Waals surface area contributed by atoms with E-state index in [9.17, 15) is 4.79 Å². The molecule has 0 amide bonds. The van der Waals surface area contributed by atoms with E-state index < -0.39 is 0 Å². The van der Waals surface area contributed by atoms with E-state index in [0.717, 1.165) is 32.0 Å². The van der Waals surface area contributed by atoms with Crippen molar-refractivity contribution in [2.24, 2.45) is 5.92 Å².